The first kappa shape index (κ1) is 15.2. The predicted octanol–water partition coefficient (Wildman–Crippen LogP) is 4.85. The molecule has 0 fully saturated rings. The van der Waals surface area contributed by atoms with E-state index in [2.05, 4.69) is 0 Å². The molecule has 0 aliphatic rings. The Kier molecular flexibility index (Phi) is 4.02. The standard InChI is InChI=1S/C12H4Cl4O4/c13-4-2-1-3-5(9(4)15)10(16)7(12(19)20)6(8(3)14)11(17)18/h1-2H,(H,17,18)(H,19,20). The molecule has 0 aromatic heterocycles. The Morgan fingerprint density at radius 2 is 1.30 bits per heavy atom. The number of carboxylic acid groups (broad SMARTS) is 2. The Morgan fingerprint density at radius 1 is 0.800 bits per heavy atom. The van der Waals surface area contributed by atoms with Crippen molar-refractivity contribution in [1.29, 1.82) is 0 Å². The van der Waals surface area contributed by atoms with E-state index in [1.54, 1.807) is 0 Å². The number of hydrogen-bond acceptors (Lipinski definition) is 2. The summed E-state index contributed by atoms with van der Waals surface area (Å²) in [5.41, 5.74) is -1.21. The highest BCUT2D eigenvalue weighted by atomic mass is 35.5. The van der Waals surface area contributed by atoms with Gasteiger partial charge in [-0.05, 0) is 6.07 Å². The molecular weight excluding hydrogens is 350 g/mol. The summed E-state index contributed by atoms with van der Waals surface area (Å²) in [5.74, 6) is -3.02. The van der Waals surface area contributed by atoms with E-state index >= 15 is 0 Å². The molecule has 0 radical (unpaired) electrons. The molecule has 0 saturated carbocycles. The van der Waals surface area contributed by atoms with Crippen LogP contribution in [0.25, 0.3) is 10.8 Å². The van der Waals surface area contributed by atoms with Crippen LogP contribution in [0.15, 0.2) is 12.1 Å². The molecule has 0 bridgehead atoms. The number of carboxylic acids is 2. The van der Waals surface area contributed by atoms with Crippen molar-refractivity contribution in [2.45, 2.75) is 0 Å². The van der Waals surface area contributed by atoms with Gasteiger partial charge in [0.05, 0.1) is 31.2 Å². The zero-order valence-corrected chi connectivity index (χ0v) is 12.4. The highest BCUT2D eigenvalue weighted by molar-refractivity contribution is 6.51. The van der Waals surface area contributed by atoms with Gasteiger partial charge in [0.25, 0.3) is 0 Å². The van der Waals surface area contributed by atoms with Crippen molar-refractivity contribution in [3.8, 4) is 0 Å². The lowest BCUT2D eigenvalue weighted by atomic mass is 10.00. The van der Waals surface area contributed by atoms with Gasteiger partial charge in [0.2, 0.25) is 0 Å². The van der Waals surface area contributed by atoms with E-state index in [0.29, 0.717) is 0 Å². The monoisotopic (exact) mass is 352 g/mol. The van der Waals surface area contributed by atoms with E-state index < -0.39 is 23.1 Å². The third-order valence-corrected chi connectivity index (χ3v) is 4.24. The van der Waals surface area contributed by atoms with Gasteiger partial charge in [-0.1, -0.05) is 52.5 Å². The Bertz CT molecular complexity index is 770. The Labute approximate surface area is 132 Å². The average Bonchev–Trinajstić information content (AvgIpc) is 2.35. The second-order valence-electron chi connectivity index (χ2n) is 3.77. The summed E-state index contributed by atoms with van der Waals surface area (Å²) < 4.78 is 0. The van der Waals surface area contributed by atoms with Crippen LogP contribution in [0.3, 0.4) is 0 Å². The van der Waals surface area contributed by atoms with Crippen LogP contribution in [0, 0.1) is 0 Å². The summed E-state index contributed by atoms with van der Waals surface area (Å²) in [7, 11) is 0. The number of carbonyl (C=O) groups is 2. The fourth-order valence-electron chi connectivity index (χ4n) is 1.83. The highest BCUT2D eigenvalue weighted by Gasteiger charge is 2.27. The van der Waals surface area contributed by atoms with Gasteiger partial charge in [0.1, 0.15) is 0 Å². The van der Waals surface area contributed by atoms with Crippen molar-refractivity contribution < 1.29 is 19.8 Å². The largest absolute Gasteiger partial charge is 0.478 e. The molecule has 8 heteroatoms. The smallest absolute Gasteiger partial charge is 0.338 e. The topological polar surface area (TPSA) is 74.6 Å². The maximum Gasteiger partial charge on any atom is 0.338 e. The van der Waals surface area contributed by atoms with Crippen molar-refractivity contribution in [2.75, 3.05) is 0 Å². The lowest BCUT2D eigenvalue weighted by Crippen LogP contribution is -2.10. The van der Waals surface area contributed by atoms with Crippen LogP contribution >= 0.6 is 46.4 Å². The molecule has 0 amide bonds. The lowest BCUT2D eigenvalue weighted by Gasteiger charge is -2.13. The SMILES string of the molecule is O=C(O)c1c(C(=O)O)c(Cl)c2c(Cl)c(Cl)ccc2c1Cl. The summed E-state index contributed by atoms with van der Waals surface area (Å²) in [4.78, 5) is 22.5. The van der Waals surface area contributed by atoms with Gasteiger partial charge in [-0.3, -0.25) is 0 Å². The minimum Gasteiger partial charge on any atom is -0.478 e. The molecule has 0 aliphatic carbocycles. The summed E-state index contributed by atoms with van der Waals surface area (Å²) in [5, 5.41) is 18.2. The number of benzene rings is 2. The predicted molar refractivity (Wildman–Crippen MR) is 77.9 cm³/mol. The summed E-state index contributed by atoms with van der Waals surface area (Å²) in [6.45, 7) is 0. The van der Waals surface area contributed by atoms with Crippen LogP contribution in [-0.4, -0.2) is 22.2 Å². The van der Waals surface area contributed by atoms with Crippen LogP contribution in [0.4, 0.5) is 0 Å². The van der Waals surface area contributed by atoms with E-state index in [9.17, 15) is 9.59 Å². The number of aromatic carboxylic acids is 2. The highest BCUT2D eigenvalue weighted by Crippen LogP contribution is 2.42. The maximum absolute atomic E-state index is 11.3. The minimum absolute atomic E-state index is 0.00973. The second-order valence-corrected chi connectivity index (χ2v) is 5.31. The van der Waals surface area contributed by atoms with Gasteiger partial charge in [0, 0.05) is 10.8 Å². The first-order valence-corrected chi connectivity index (χ1v) is 6.53. The van der Waals surface area contributed by atoms with Gasteiger partial charge in [-0.15, -0.1) is 0 Å². The maximum atomic E-state index is 11.3. The third-order valence-electron chi connectivity index (χ3n) is 2.67. The summed E-state index contributed by atoms with van der Waals surface area (Å²) in [6, 6.07) is 2.84. The van der Waals surface area contributed by atoms with Crippen molar-refractivity contribution >= 4 is 69.1 Å². The number of rotatable bonds is 2. The molecule has 0 saturated heterocycles. The van der Waals surface area contributed by atoms with Gasteiger partial charge in [-0.25, -0.2) is 9.59 Å². The lowest BCUT2D eigenvalue weighted by molar-refractivity contribution is 0.0652. The Balaban J connectivity index is 3.14. The molecule has 0 unspecified atom stereocenters. The zero-order valence-electron chi connectivity index (χ0n) is 9.38. The molecule has 2 rings (SSSR count). The molecule has 2 aromatic rings. The molecule has 0 atom stereocenters. The first-order valence-electron chi connectivity index (χ1n) is 5.02. The number of hydrogen-bond donors (Lipinski definition) is 2. The van der Waals surface area contributed by atoms with Gasteiger partial charge in [0.15, 0.2) is 0 Å². The van der Waals surface area contributed by atoms with Crippen molar-refractivity contribution in [2.24, 2.45) is 0 Å². The van der Waals surface area contributed by atoms with Crippen LogP contribution in [0.2, 0.25) is 20.1 Å². The normalized spacial score (nSPS) is 10.8. The quantitative estimate of drug-likeness (QED) is 0.809. The fraction of sp³-hybridized carbons (Fsp3) is 0. The van der Waals surface area contributed by atoms with E-state index in [1.807, 2.05) is 0 Å². The molecular formula is C12H4Cl4O4. The van der Waals surface area contributed by atoms with Crippen molar-refractivity contribution in [1.82, 2.24) is 0 Å². The summed E-state index contributed by atoms with van der Waals surface area (Å²) >= 11 is 23.8. The zero-order chi connectivity index (χ0) is 15.2. The minimum atomic E-state index is -1.52. The summed E-state index contributed by atoms with van der Waals surface area (Å²) in [6.07, 6.45) is 0. The molecule has 104 valence electrons. The van der Waals surface area contributed by atoms with Gasteiger partial charge in [-0.2, -0.15) is 0 Å². The molecule has 4 nitrogen and oxygen atoms in total. The average molecular weight is 354 g/mol. The molecule has 0 spiro atoms. The number of fused-ring (bicyclic) bond motifs is 1. The fourth-order valence-corrected chi connectivity index (χ4v) is 3.00. The Morgan fingerprint density at radius 3 is 1.80 bits per heavy atom. The number of halogens is 4. The van der Waals surface area contributed by atoms with Crippen LogP contribution in [0.5, 0.6) is 0 Å². The van der Waals surface area contributed by atoms with E-state index in [-0.39, 0.29) is 30.9 Å². The molecule has 0 heterocycles. The Hall–Kier alpha value is -1.20. The molecule has 2 aromatic carbocycles. The molecule has 20 heavy (non-hydrogen) atoms. The molecule has 2 N–H and O–H groups in total. The van der Waals surface area contributed by atoms with Crippen LogP contribution in [0.1, 0.15) is 20.7 Å². The van der Waals surface area contributed by atoms with Gasteiger partial charge < -0.3 is 10.2 Å². The van der Waals surface area contributed by atoms with Crippen molar-refractivity contribution in [3.05, 3.63) is 43.4 Å². The van der Waals surface area contributed by atoms with Crippen LogP contribution < -0.4 is 0 Å². The second kappa shape index (κ2) is 5.30. The van der Waals surface area contributed by atoms with Crippen molar-refractivity contribution in [3.63, 3.8) is 0 Å². The van der Waals surface area contributed by atoms with E-state index in [4.69, 9.17) is 56.6 Å². The van der Waals surface area contributed by atoms with E-state index in [0.717, 1.165) is 0 Å². The van der Waals surface area contributed by atoms with Gasteiger partial charge >= 0.3 is 11.9 Å². The third kappa shape index (κ3) is 2.19. The van der Waals surface area contributed by atoms with E-state index in [1.165, 1.54) is 12.1 Å². The first-order chi connectivity index (χ1) is 9.27. The van der Waals surface area contributed by atoms with Crippen LogP contribution in [-0.2, 0) is 0 Å². The molecule has 0 aliphatic heterocycles.